The van der Waals surface area contributed by atoms with Crippen LogP contribution in [-0.2, 0) is 14.9 Å². The van der Waals surface area contributed by atoms with Crippen LogP contribution in [-0.4, -0.2) is 64.0 Å². The molecule has 1 aromatic carbocycles. The number of benzene rings is 1. The molecule has 0 amide bonds. The number of guanidine groups is 1. The summed E-state index contributed by atoms with van der Waals surface area (Å²) in [5.74, 6) is 1.46. The summed E-state index contributed by atoms with van der Waals surface area (Å²) in [6, 6.07) is 5.64. The summed E-state index contributed by atoms with van der Waals surface area (Å²) in [7, 11) is 1.69. The van der Waals surface area contributed by atoms with E-state index in [1.54, 1.807) is 7.11 Å². The first-order valence-corrected chi connectivity index (χ1v) is 10.7. The highest BCUT2D eigenvalue weighted by Gasteiger charge is 2.28. The van der Waals surface area contributed by atoms with Crippen molar-refractivity contribution >= 4 is 29.2 Å². The van der Waals surface area contributed by atoms with Gasteiger partial charge < -0.3 is 19.7 Å². The van der Waals surface area contributed by atoms with Crippen molar-refractivity contribution in [2.24, 2.45) is 10.9 Å². The predicted molar refractivity (Wildman–Crippen MR) is 118 cm³/mol. The minimum Gasteiger partial charge on any atom is -0.382 e. The molecule has 0 aliphatic carbocycles. The molecule has 2 rings (SSSR count). The standard InChI is InChI=1S/C21H33Cl2N3O2/c1-5-24-20(26-10-9-16(13-26)14-28-12-11-27-4)25-15-21(2,3)19-17(22)7-6-8-18(19)23/h6-8,16H,5,9-15H2,1-4H3,(H,24,25). The van der Waals surface area contributed by atoms with Crippen LogP contribution in [0.15, 0.2) is 23.2 Å². The van der Waals surface area contributed by atoms with Crippen LogP contribution >= 0.6 is 23.2 Å². The fourth-order valence-electron chi connectivity index (χ4n) is 3.48. The van der Waals surface area contributed by atoms with Crippen molar-refractivity contribution < 1.29 is 9.47 Å². The molecule has 0 radical (unpaired) electrons. The highest BCUT2D eigenvalue weighted by molar-refractivity contribution is 6.36. The summed E-state index contributed by atoms with van der Waals surface area (Å²) in [5, 5.41) is 4.80. The number of likely N-dealkylation sites (tertiary alicyclic amines) is 1. The van der Waals surface area contributed by atoms with Crippen molar-refractivity contribution in [3.05, 3.63) is 33.8 Å². The molecule has 158 valence electrons. The highest BCUT2D eigenvalue weighted by Crippen LogP contribution is 2.36. The smallest absolute Gasteiger partial charge is 0.193 e. The summed E-state index contributed by atoms with van der Waals surface area (Å²) in [4.78, 5) is 7.24. The topological polar surface area (TPSA) is 46.1 Å². The second kappa shape index (κ2) is 11.2. The van der Waals surface area contributed by atoms with Crippen molar-refractivity contribution in [2.45, 2.75) is 32.6 Å². The van der Waals surface area contributed by atoms with E-state index in [1.165, 1.54) is 0 Å². The van der Waals surface area contributed by atoms with Crippen molar-refractivity contribution in [1.29, 1.82) is 0 Å². The molecule has 1 atom stereocenters. The van der Waals surface area contributed by atoms with E-state index in [0.29, 0.717) is 35.7 Å². The van der Waals surface area contributed by atoms with Gasteiger partial charge in [0, 0.05) is 48.1 Å². The molecule has 5 nitrogen and oxygen atoms in total. The molecule has 1 unspecified atom stereocenters. The van der Waals surface area contributed by atoms with Crippen molar-refractivity contribution in [3.8, 4) is 0 Å². The van der Waals surface area contributed by atoms with E-state index in [9.17, 15) is 0 Å². The predicted octanol–water partition coefficient (Wildman–Crippen LogP) is 4.22. The van der Waals surface area contributed by atoms with Gasteiger partial charge >= 0.3 is 0 Å². The van der Waals surface area contributed by atoms with Gasteiger partial charge in [0.25, 0.3) is 0 Å². The van der Waals surface area contributed by atoms with Crippen LogP contribution < -0.4 is 5.32 Å². The summed E-state index contributed by atoms with van der Waals surface area (Å²) < 4.78 is 10.7. The maximum Gasteiger partial charge on any atom is 0.193 e. The van der Waals surface area contributed by atoms with E-state index in [-0.39, 0.29) is 5.41 Å². The average molecular weight is 430 g/mol. The van der Waals surface area contributed by atoms with Gasteiger partial charge in [-0.15, -0.1) is 0 Å². The molecule has 7 heteroatoms. The Bertz CT molecular complexity index is 632. The Kier molecular flexibility index (Phi) is 9.35. The molecule has 1 saturated heterocycles. The Morgan fingerprint density at radius 2 is 2.00 bits per heavy atom. The first-order valence-electron chi connectivity index (χ1n) is 9.93. The quantitative estimate of drug-likeness (QED) is 0.362. The third-order valence-electron chi connectivity index (χ3n) is 4.97. The molecule has 1 heterocycles. The van der Waals surface area contributed by atoms with Crippen LogP contribution in [0.25, 0.3) is 0 Å². The molecule has 0 spiro atoms. The van der Waals surface area contributed by atoms with E-state index in [4.69, 9.17) is 37.7 Å². The molecule has 1 fully saturated rings. The Morgan fingerprint density at radius 3 is 2.64 bits per heavy atom. The van der Waals surface area contributed by atoms with Crippen molar-refractivity contribution in [3.63, 3.8) is 0 Å². The number of hydrogen-bond donors (Lipinski definition) is 1. The van der Waals surface area contributed by atoms with E-state index in [1.807, 2.05) is 18.2 Å². The fraction of sp³-hybridized carbons (Fsp3) is 0.667. The van der Waals surface area contributed by atoms with Crippen LogP contribution in [0.2, 0.25) is 10.0 Å². The molecule has 0 aromatic heterocycles. The Balaban J connectivity index is 2.02. The zero-order chi connectivity index (χ0) is 20.6. The monoisotopic (exact) mass is 429 g/mol. The molecule has 1 aliphatic heterocycles. The molecule has 1 aromatic rings. The molecule has 1 aliphatic rings. The highest BCUT2D eigenvalue weighted by atomic mass is 35.5. The SMILES string of the molecule is CCNC(=NCC(C)(C)c1c(Cl)cccc1Cl)N1CCC(COCCOC)C1. The van der Waals surface area contributed by atoms with Crippen molar-refractivity contribution in [2.75, 3.05) is 53.1 Å². The largest absolute Gasteiger partial charge is 0.382 e. The molecule has 0 bridgehead atoms. The first kappa shape index (κ1) is 23.3. The maximum atomic E-state index is 6.43. The van der Waals surface area contributed by atoms with Crippen molar-refractivity contribution in [1.82, 2.24) is 10.2 Å². The van der Waals surface area contributed by atoms with Gasteiger partial charge in [-0.25, -0.2) is 0 Å². The second-order valence-electron chi connectivity index (χ2n) is 7.82. The number of nitrogens with one attached hydrogen (secondary N) is 1. The third-order valence-corrected chi connectivity index (χ3v) is 5.60. The van der Waals surface area contributed by atoms with Gasteiger partial charge in [0.05, 0.1) is 26.4 Å². The number of rotatable bonds is 9. The Labute approximate surface area is 179 Å². The Morgan fingerprint density at radius 1 is 1.29 bits per heavy atom. The van der Waals surface area contributed by atoms with Gasteiger partial charge in [-0.3, -0.25) is 4.99 Å². The van der Waals surface area contributed by atoms with E-state index < -0.39 is 0 Å². The van der Waals surface area contributed by atoms with Crippen LogP contribution in [0, 0.1) is 5.92 Å². The minimum atomic E-state index is -0.265. The summed E-state index contributed by atoms with van der Waals surface area (Å²) in [6.07, 6.45) is 1.11. The van der Waals surface area contributed by atoms with E-state index in [2.05, 4.69) is 31.0 Å². The molecule has 0 saturated carbocycles. The van der Waals surface area contributed by atoms with E-state index in [0.717, 1.165) is 44.2 Å². The zero-order valence-electron chi connectivity index (χ0n) is 17.4. The van der Waals surface area contributed by atoms with Gasteiger partial charge in [0.1, 0.15) is 0 Å². The number of methoxy groups -OCH3 is 1. The number of hydrogen-bond acceptors (Lipinski definition) is 3. The van der Waals surface area contributed by atoms with Gasteiger partial charge in [0.2, 0.25) is 0 Å². The fourth-order valence-corrected chi connectivity index (χ4v) is 4.38. The van der Waals surface area contributed by atoms with Gasteiger partial charge in [-0.2, -0.15) is 0 Å². The summed E-state index contributed by atoms with van der Waals surface area (Å²) in [5.41, 5.74) is 0.683. The lowest BCUT2D eigenvalue weighted by Crippen LogP contribution is -2.41. The van der Waals surface area contributed by atoms with Gasteiger partial charge in [0.15, 0.2) is 5.96 Å². The average Bonchev–Trinajstić information content (AvgIpc) is 3.10. The lowest BCUT2D eigenvalue weighted by molar-refractivity contribution is 0.0536. The first-order chi connectivity index (χ1) is 13.4. The summed E-state index contributed by atoms with van der Waals surface area (Å²) >= 11 is 12.9. The van der Waals surface area contributed by atoms with Crippen LogP contribution in [0.3, 0.4) is 0 Å². The molecule has 1 N–H and O–H groups in total. The maximum absolute atomic E-state index is 6.43. The molecular formula is C21H33Cl2N3O2. The number of ether oxygens (including phenoxy) is 2. The van der Waals surface area contributed by atoms with Crippen LogP contribution in [0.5, 0.6) is 0 Å². The normalized spacial score (nSPS) is 18.0. The number of nitrogens with zero attached hydrogens (tertiary/aromatic N) is 2. The second-order valence-corrected chi connectivity index (χ2v) is 8.63. The summed E-state index contributed by atoms with van der Waals surface area (Å²) in [6.45, 7) is 11.8. The molecular weight excluding hydrogens is 397 g/mol. The third kappa shape index (κ3) is 6.51. The number of halogens is 2. The van der Waals surface area contributed by atoms with Crippen LogP contribution in [0.4, 0.5) is 0 Å². The lowest BCUT2D eigenvalue weighted by atomic mass is 9.84. The molecule has 28 heavy (non-hydrogen) atoms. The zero-order valence-corrected chi connectivity index (χ0v) is 18.9. The van der Waals surface area contributed by atoms with E-state index >= 15 is 0 Å². The Hall–Kier alpha value is -1.01. The number of aliphatic imine (C=N–C) groups is 1. The van der Waals surface area contributed by atoms with Gasteiger partial charge in [-0.1, -0.05) is 43.1 Å². The van der Waals surface area contributed by atoms with Gasteiger partial charge in [-0.05, 0) is 31.0 Å². The minimum absolute atomic E-state index is 0.265. The van der Waals surface area contributed by atoms with Crippen LogP contribution in [0.1, 0.15) is 32.8 Å². The lowest BCUT2D eigenvalue weighted by Gasteiger charge is -2.28.